The summed E-state index contributed by atoms with van der Waals surface area (Å²) in [6.07, 6.45) is -3.97. The van der Waals surface area contributed by atoms with Crippen LogP contribution < -0.4 is 5.43 Å². The maximum absolute atomic E-state index is 12.4. The molecule has 1 aromatic heterocycles. The Morgan fingerprint density at radius 1 is 1.38 bits per heavy atom. The lowest BCUT2D eigenvalue weighted by molar-refractivity contribution is -0.266. The summed E-state index contributed by atoms with van der Waals surface area (Å²) in [5.41, 5.74) is -0.888. The Morgan fingerprint density at radius 3 is 2.62 bits per heavy atom. The van der Waals surface area contributed by atoms with Crippen LogP contribution in [0.15, 0.2) is 29.5 Å². The third-order valence-electron chi connectivity index (χ3n) is 2.23. The van der Waals surface area contributed by atoms with E-state index in [1.54, 1.807) is 17.6 Å². The molecular formula is C9H8F3N3O. The summed E-state index contributed by atoms with van der Waals surface area (Å²) >= 11 is 0. The molecule has 2 rings (SSSR count). The van der Waals surface area contributed by atoms with Crippen LogP contribution in [0.5, 0.6) is 0 Å². The van der Waals surface area contributed by atoms with Crippen molar-refractivity contribution >= 4 is 5.71 Å². The first-order valence-electron chi connectivity index (χ1n) is 4.47. The van der Waals surface area contributed by atoms with Gasteiger partial charge in [-0.1, -0.05) is 6.07 Å². The van der Waals surface area contributed by atoms with Gasteiger partial charge in [0.25, 0.3) is 5.72 Å². The Bertz CT molecular complexity index is 418. The summed E-state index contributed by atoms with van der Waals surface area (Å²) in [6.45, 7) is 0. The number of hydrazone groups is 1. The van der Waals surface area contributed by atoms with Crippen molar-refractivity contribution in [1.29, 1.82) is 0 Å². The van der Waals surface area contributed by atoms with Crippen LogP contribution in [0.2, 0.25) is 0 Å². The first-order chi connectivity index (χ1) is 7.42. The number of pyridine rings is 1. The lowest BCUT2D eigenvalue weighted by Crippen LogP contribution is -2.52. The molecule has 0 saturated heterocycles. The monoisotopic (exact) mass is 231 g/mol. The molecule has 0 aromatic carbocycles. The summed E-state index contributed by atoms with van der Waals surface area (Å²) in [6, 6.07) is 4.81. The molecule has 86 valence electrons. The molecule has 1 aliphatic rings. The van der Waals surface area contributed by atoms with Crippen LogP contribution in [0.4, 0.5) is 13.2 Å². The third kappa shape index (κ3) is 1.73. The van der Waals surface area contributed by atoms with E-state index in [0.717, 1.165) is 0 Å². The summed E-state index contributed by atoms with van der Waals surface area (Å²) in [7, 11) is 0. The lowest BCUT2D eigenvalue weighted by Gasteiger charge is -2.24. The number of alkyl halides is 3. The second-order valence-corrected chi connectivity index (χ2v) is 3.42. The van der Waals surface area contributed by atoms with Gasteiger partial charge in [-0.25, -0.2) is 0 Å². The summed E-state index contributed by atoms with van der Waals surface area (Å²) < 4.78 is 37.3. The second kappa shape index (κ2) is 3.44. The van der Waals surface area contributed by atoms with Gasteiger partial charge in [-0.05, 0) is 12.1 Å². The van der Waals surface area contributed by atoms with Crippen molar-refractivity contribution in [2.45, 2.75) is 18.3 Å². The predicted octanol–water partition coefficient (Wildman–Crippen LogP) is 1.03. The van der Waals surface area contributed by atoms with Crippen molar-refractivity contribution < 1.29 is 18.3 Å². The molecule has 0 aliphatic carbocycles. The zero-order chi connectivity index (χ0) is 11.8. The Labute approximate surface area is 88.8 Å². The molecule has 7 heteroatoms. The zero-order valence-corrected chi connectivity index (χ0v) is 7.99. The van der Waals surface area contributed by atoms with Crippen LogP contribution in [-0.2, 0) is 0 Å². The highest BCUT2D eigenvalue weighted by atomic mass is 19.4. The molecule has 1 aliphatic heterocycles. The number of hydrogen-bond donors (Lipinski definition) is 2. The van der Waals surface area contributed by atoms with Crippen LogP contribution in [0, 0.1) is 0 Å². The summed E-state index contributed by atoms with van der Waals surface area (Å²) in [4.78, 5) is 3.86. The fourth-order valence-corrected chi connectivity index (χ4v) is 1.33. The topological polar surface area (TPSA) is 57.5 Å². The molecule has 0 spiro atoms. The van der Waals surface area contributed by atoms with E-state index in [1.807, 2.05) is 0 Å². The molecule has 16 heavy (non-hydrogen) atoms. The molecule has 0 radical (unpaired) electrons. The SMILES string of the molecule is OC1(C(F)(F)F)CC(c2ccccn2)=NN1. The van der Waals surface area contributed by atoms with Gasteiger partial charge in [-0.2, -0.15) is 18.3 Å². The van der Waals surface area contributed by atoms with E-state index in [0.29, 0.717) is 5.69 Å². The van der Waals surface area contributed by atoms with Crippen molar-refractivity contribution in [3.05, 3.63) is 30.1 Å². The maximum Gasteiger partial charge on any atom is 0.438 e. The van der Waals surface area contributed by atoms with Gasteiger partial charge in [0.15, 0.2) is 0 Å². The normalized spacial score (nSPS) is 25.1. The fraction of sp³-hybridized carbons (Fsp3) is 0.333. The van der Waals surface area contributed by atoms with E-state index in [1.165, 1.54) is 12.3 Å². The third-order valence-corrected chi connectivity index (χ3v) is 2.23. The summed E-state index contributed by atoms with van der Waals surface area (Å²) in [5, 5.41) is 12.7. The first-order valence-corrected chi connectivity index (χ1v) is 4.47. The molecule has 0 saturated carbocycles. The van der Waals surface area contributed by atoms with Gasteiger partial charge < -0.3 is 5.11 Å². The molecule has 2 N–H and O–H groups in total. The van der Waals surface area contributed by atoms with E-state index in [9.17, 15) is 18.3 Å². The van der Waals surface area contributed by atoms with Gasteiger partial charge in [-0.3, -0.25) is 10.4 Å². The largest absolute Gasteiger partial charge is 0.438 e. The van der Waals surface area contributed by atoms with Crippen LogP contribution in [0.1, 0.15) is 12.1 Å². The van der Waals surface area contributed by atoms with Gasteiger partial charge >= 0.3 is 6.18 Å². The van der Waals surface area contributed by atoms with E-state index in [4.69, 9.17) is 0 Å². The zero-order valence-electron chi connectivity index (χ0n) is 7.99. The van der Waals surface area contributed by atoms with Crippen molar-refractivity contribution in [2.24, 2.45) is 5.10 Å². The molecule has 2 heterocycles. The van der Waals surface area contributed by atoms with Crippen LogP contribution >= 0.6 is 0 Å². The predicted molar refractivity (Wildman–Crippen MR) is 49.5 cm³/mol. The standard InChI is InChI=1S/C9H8F3N3O/c10-9(11,12)8(16)5-7(14-15-8)6-3-1-2-4-13-6/h1-4,15-16H,5H2. The molecule has 0 fully saturated rings. The number of aliphatic hydroxyl groups is 1. The van der Waals surface area contributed by atoms with Crippen LogP contribution in [-0.4, -0.2) is 27.7 Å². The van der Waals surface area contributed by atoms with Crippen molar-refractivity contribution in [3.8, 4) is 0 Å². The summed E-state index contributed by atoms with van der Waals surface area (Å²) in [5.74, 6) is 0. The minimum Gasteiger partial charge on any atom is -0.362 e. The Hall–Kier alpha value is -1.63. The second-order valence-electron chi connectivity index (χ2n) is 3.42. The van der Waals surface area contributed by atoms with Gasteiger partial charge in [0.1, 0.15) is 0 Å². The molecule has 4 nitrogen and oxygen atoms in total. The van der Waals surface area contributed by atoms with Crippen LogP contribution in [0.3, 0.4) is 0 Å². The maximum atomic E-state index is 12.4. The first kappa shape index (κ1) is 10.9. The van der Waals surface area contributed by atoms with Gasteiger partial charge in [0.05, 0.1) is 17.8 Å². The minimum absolute atomic E-state index is 0.0837. The molecule has 1 unspecified atom stereocenters. The van der Waals surface area contributed by atoms with E-state index in [-0.39, 0.29) is 5.71 Å². The van der Waals surface area contributed by atoms with Crippen molar-refractivity contribution in [2.75, 3.05) is 0 Å². The Kier molecular flexibility index (Phi) is 2.34. The smallest absolute Gasteiger partial charge is 0.362 e. The molecular weight excluding hydrogens is 223 g/mol. The molecule has 1 aromatic rings. The van der Waals surface area contributed by atoms with E-state index in [2.05, 4.69) is 10.1 Å². The number of nitrogens with one attached hydrogen (secondary N) is 1. The number of rotatable bonds is 1. The van der Waals surface area contributed by atoms with Crippen LogP contribution in [0.25, 0.3) is 0 Å². The number of hydrogen-bond acceptors (Lipinski definition) is 4. The molecule has 0 bridgehead atoms. The minimum atomic E-state index is -4.77. The van der Waals surface area contributed by atoms with E-state index >= 15 is 0 Å². The number of aromatic nitrogens is 1. The number of halogens is 3. The lowest BCUT2D eigenvalue weighted by atomic mass is 10.1. The Balaban J connectivity index is 2.20. The van der Waals surface area contributed by atoms with Gasteiger partial charge in [0, 0.05) is 6.20 Å². The molecule has 1 atom stereocenters. The highest BCUT2D eigenvalue weighted by Crippen LogP contribution is 2.34. The van der Waals surface area contributed by atoms with Gasteiger partial charge in [-0.15, -0.1) is 0 Å². The highest BCUT2D eigenvalue weighted by molar-refractivity contribution is 6.00. The van der Waals surface area contributed by atoms with Crippen molar-refractivity contribution in [3.63, 3.8) is 0 Å². The number of nitrogens with zero attached hydrogens (tertiary/aromatic N) is 2. The highest BCUT2D eigenvalue weighted by Gasteiger charge is 2.57. The van der Waals surface area contributed by atoms with E-state index < -0.39 is 18.3 Å². The Morgan fingerprint density at radius 2 is 2.12 bits per heavy atom. The fourth-order valence-electron chi connectivity index (χ4n) is 1.33. The average molecular weight is 231 g/mol. The van der Waals surface area contributed by atoms with Gasteiger partial charge in [0.2, 0.25) is 0 Å². The molecule has 0 amide bonds. The van der Waals surface area contributed by atoms with Crippen molar-refractivity contribution in [1.82, 2.24) is 10.4 Å². The average Bonchev–Trinajstić information content (AvgIpc) is 2.63. The quantitative estimate of drug-likeness (QED) is 0.759.